The first-order valence-electron chi connectivity index (χ1n) is 4.23. The summed E-state index contributed by atoms with van der Waals surface area (Å²) in [6, 6.07) is 0. The lowest BCUT2D eigenvalue weighted by atomic mass is 10.5. The average molecular weight is 208 g/mol. The van der Waals surface area contributed by atoms with Crippen molar-refractivity contribution in [2.24, 2.45) is 5.73 Å². The highest BCUT2D eigenvalue weighted by Crippen LogP contribution is 2.22. The normalized spacial score (nSPS) is 14.5. The molecule has 0 bridgehead atoms. The van der Waals surface area contributed by atoms with Gasteiger partial charge in [0.2, 0.25) is 0 Å². The molecule has 0 saturated heterocycles. The molecule has 0 amide bonds. The van der Waals surface area contributed by atoms with Crippen molar-refractivity contribution in [2.75, 3.05) is 34.5 Å². The zero-order chi connectivity index (χ0) is 10.3. The van der Waals surface area contributed by atoms with Crippen LogP contribution >= 0.6 is 0 Å². The summed E-state index contributed by atoms with van der Waals surface area (Å²) in [7, 11) is 2.35. The van der Waals surface area contributed by atoms with E-state index in [4.69, 9.17) is 19.0 Å². The van der Waals surface area contributed by atoms with Gasteiger partial charge in [0.1, 0.15) is 0 Å². The first-order valence-corrected chi connectivity index (χ1v) is 6.03. The maximum Gasteiger partial charge on any atom is 0.504 e. The number of rotatable bonds is 7. The zero-order valence-electron chi connectivity index (χ0n) is 8.79. The number of hydrogen-bond donors (Lipinski definition) is 2. The summed E-state index contributed by atoms with van der Waals surface area (Å²) in [6.07, 6.45) is 0. The SMILES string of the molecule is CO[Si](OC)(OC)C(C)CNCN. The van der Waals surface area contributed by atoms with Gasteiger partial charge in [-0.1, -0.05) is 6.92 Å². The van der Waals surface area contributed by atoms with E-state index in [1.807, 2.05) is 6.92 Å². The van der Waals surface area contributed by atoms with Gasteiger partial charge in [0, 0.05) is 40.1 Å². The predicted octanol–water partition coefficient (Wildman–Crippen LogP) is -0.240. The molecule has 0 aromatic carbocycles. The third-order valence-electron chi connectivity index (χ3n) is 2.05. The van der Waals surface area contributed by atoms with Crippen LogP contribution in [0.25, 0.3) is 0 Å². The molecule has 0 aliphatic carbocycles. The van der Waals surface area contributed by atoms with Gasteiger partial charge in [0.05, 0.1) is 0 Å². The molecular weight excluding hydrogens is 188 g/mol. The molecular formula is C7H20N2O3Si. The van der Waals surface area contributed by atoms with Crippen LogP contribution in [0.2, 0.25) is 5.54 Å². The second-order valence-electron chi connectivity index (χ2n) is 2.78. The van der Waals surface area contributed by atoms with Crippen LogP contribution in [0.5, 0.6) is 0 Å². The van der Waals surface area contributed by atoms with E-state index in [2.05, 4.69) is 5.32 Å². The Kier molecular flexibility index (Phi) is 6.48. The van der Waals surface area contributed by atoms with Crippen LogP contribution < -0.4 is 11.1 Å². The minimum Gasteiger partial charge on any atom is -0.377 e. The molecule has 0 aromatic rings. The molecule has 0 rings (SSSR count). The fourth-order valence-electron chi connectivity index (χ4n) is 1.28. The molecule has 5 nitrogen and oxygen atoms in total. The molecule has 6 heteroatoms. The van der Waals surface area contributed by atoms with E-state index in [1.165, 1.54) is 0 Å². The van der Waals surface area contributed by atoms with E-state index in [-0.39, 0.29) is 5.54 Å². The topological polar surface area (TPSA) is 65.7 Å². The summed E-state index contributed by atoms with van der Waals surface area (Å²) >= 11 is 0. The maximum atomic E-state index is 5.33. The summed E-state index contributed by atoms with van der Waals surface area (Å²) in [4.78, 5) is 0. The van der Waals surface area contributed by atoms with E-state index in [9.17, 15) is 0 Å². The fraction of sp³-hybridized carbons (Fsp3) is 1.00. The van der Waals surface area contributed by atoms with Gasteiger partial charge < -0.3 is 24.3 Å². The van der Waals surface area contributed by atoms with Crippen molar-refractivity contribution < 1.29 is 13.3 Å². The van der Waals surface area contributed by atoms with Gasteiger partial charge in [-0.2, -0.15) is 0 Å². The molecule has 1 atom stereocenters. The summed E-state index contributed by atoms with van der Waals surface area (Å²) < 4.78 is 15.9. The van der Waals surface area contributed by atoms with E-state index in [1.54, 1.807) is 21.3 Å². The Morgan fingerprint density at radius 1 is 1.23 bits per heavy atom. The number of nitrogens with two attached hydrogens (primary N) is 1. The lowest BCUT2D eigenvalue weighted by molar-refractivity contribution is 0.113. The Hall–Kier alpha value is 0.0169. The maximum absolute atomic E-state index is 5.33. The average Bonchev–Trinajstić information content (AvgIpc) is 2.18. The predicted molar refractivity (Wildman–Crippen MR) is 53.3 cm³/mol. The molecule has 1 unspecified atom stereocenters. The number of hydrogen-bond acceptors (Lipinski definition) is 5. The third-order valence-corrected chi connectivity index (χ3v) is 5.17. The van der Waals surface area contributed by atoms with Crippen molar-refractivity contribution >= 4 is 8.80 Å². The van der Waals surface area contributed by atoms with Crippen LogP contribution in [0.15, 0.2) is 0 Å². The minimum absolute atomic E-state index is 0.191. The van der Waals surface area contributed by atoms with Crippen molar-refractivity contribution in [1.29, 1.82) is 0 Å². The largest absolute Gasteiger partial charge is 0.504 e. The van der Waals surface area contributed by atoms with Gasteiger partial charge in [0.25, 0.3) is 0 Å². The monoisotopic (exact) mass is 208 g/mol. The standard InChI is InChI=1S/C7H20N2O3Si/c1-7(5-9-6-8)13(10-2,11-3)12-4/h7,9H,5-6,8H2,1-4H3. The van der Waals surface area contributed by atoms with Crippen LogP contribution in [-0.4, -0.2) is 43.3 Å². The Labute approximate surface area is 80.9 Å². The summed E-state index contributed by atoms with van der Waals surface area (Å²) in [5, 5.41) is 3.03. The molecule has 0 saturated carbocycles. The van der Waals surface area contributed by atoms with Crippen LogP contribution in [0.4, 0.5) is 0 Å². The third kappa shape index (κ3) is 3.33. The lowest BCUT2D eigenvalue weighted by Crippen LogP contribution is -2.50. The highest BCUT2D eigenvalue weighted by atomic mass is 28.4. The second kappa shape index (κ2) is 6.47. The van der Waals surface area contributed by atoms with Gasteiger partial charge >= 0.3 is 8.80 Å². The first-order chi connectivity index (χ1) is 6.16. The zero-order valence-corrected chi connectivity index (χ0v) is 9.79. The highest BCUT2D eigenvalue weighted by Gasteiger charge is 2.44. The molecule has 0 spiro atoms. The molecule has 0 radical (unpaired) electrons. The van der Waals surface area contributed by atoms with Gasteiger partial charge in [-0.05, 0) is 0 Å². The first kappa shape index (κ1) is 13.0. The van der Waals surface area contributed by atoms with Crippen molar-refractivity contribution in [1.82, 2.24) is 5.32 Å². The van der Waals surface area contributed by atoms with Crippen molar-refractivity contribution in [3.05, 3.63) is 0 Å². The van der Waals surface area contributed by atoms with Crippen LogP contribution in [-0.2, 0) is 13.3 Å². The second-order valence-corrected chi connectivity index (χ2v) is 6.19. The molecule has 13 heavy (non-hydrogen) atoms. The van der Waals surface area contributed by atoms with Crippen LogP contribution in [0.3, 0.4) is 0 Å². The molecule has 80 valence electrons. The highest BCUT2D eigenvalue weighted by molar-refractivity contribution is 6.62. The fourth-order valence-corrected chi connectivity index (χ4v) is 3.38. The van der Waals surface area contributed by atoms with Crippen molar-refractivity contribution in [2.45, 2.75) is 12.5 Å². The number of nitrogens with one attached hydrogen (secondary N) is 1. The summed E-state index contributed by atoms with van der Waals surface area (Å²) in [6.45, 7) is 3.20. The lowest BCUT2D eigenvalue weighted by Gasteiger charge is -2.30. The Morgan fingerprint density at radius 2 is 1.69 bits per heavy atom. The molecule has 0 aliphatic heterocycles. The molecule has 0 fully saturated rings. The Bertz CT molecular complexity index is 125. The van der Waals surface area contributed by atoms with Gasteiger partial charge in [-0.25, -0.2) is 0 Å². The van der Waals surface area contributed by atoms with Gasteiger partial charge in [-0.15, -0.1) is 0 Å². The Balaban J connectivity index is 4.17. The van der Waals surface area contributed by atoms with Crippen molar-refractivity contribution in [3.8, 4) is 0 Å². The minimum atomic E-state index is -2.48. The van der Waals surface area contributed by atoms with E-state index >= 15 is 0 Å². The van der Waals surface area contributed by atoms with Crippen LogP contribution in [0, 0.1) is 0 Å². The van der Waals surface area contributed by atoms with Gasteiger partial charge in [-0.3, -0.25) is 0 Å². The van der Waals surface area contributed by atoms with Crippen LogP contribution in [0.1, 0.15) is 6.92 Å². The molecule has 0 heterocycles. The summed E-state index contributed by atoms with van der Waals surface area (Å²) in [5.41, 5.74) is 5.52. The van der Waals surface area contributed by atoms with Gasteiger partial charge in [0.15, 0.2) is 0 Å². The molecule has 3 N–H and O–H groups in total. The van der Waals surface area contributed by atoms with E-state index in [0.717, 1.165) is 6.54 Å². The van der Waals surface area contributed by atoms with E-state index < -0.39 is 8.80 Å². The van der Waals surface area contributed by atoms with Crippen molar-refractivity contribution in [3.63, 3.8) is 0 Å². The smallest absolute Gasteiger partial charge is 0.377 e. The summed E-state index contributed by atoms with van der Waals surface area (Å²) in [5.74, 6) is 0. The Morgan fingerprint density at radius 3 is 2.00 bits per heavy atom. The molecule has 0 aromatic heterocycles. The van der Waals surface area contributed by atoms with E-state index in [0.29, 0.717) is 6.67 Å². The quantitative estimate of drug-likeness (QED) is 0.446. The molecule has 0 aliphatic rings.